The van der Waals surface area contributed by atoms with E-state index in [4.69, 9.17) is 23.2 Å². The largest absolute Gasteiger partial charge is 0.335 e. The summed E-state index contributed by atoms with van der Waals surface area (Å²) in [4.78, 5) is 23.7. The van der Waals surface area contributed by atoms with Gasteiger partial charge in [-0.15, -0.1) is 0 Å². The first-order valence-electron chi connectivity index (χ1n) is 6.59. The van der Waals surface area contributed by atoms with Crippen molar-refractivity contribution in [1.82, 2.24) is 10.0 Å². The van der Waals surface area contributed by atoms with E-state index in [2.05, 4.69) is 0 Å². The van der Waals surface area contributed by atoms with Gasteiger partial charge in [0.2, 0.25) is 0 Å². The molecule has 2 N–H and O–H groups in total. The molecule has 0 aliphatic carbocycles. The zero-order valence-electron chi connectivity index (χ0n) is 12.3. The van der Waals surface area contributed by atoms with E-state index in [-0.39, 0.29) is 20.5 Å². The number of amides is 3. The van der Waals surface area contributed by atoms with Gasteiger partial charge < -0.3 is 0 Å². The molecule has 0 fully saturated rings. The number of carbonyl (C=O) groups excluding carboxylic acids is 2. The first-order valence-corrected chi connectivity index (χ1v) is 8.83. The number of halogens is 2. The molecule has 6 nitrogen and oxygen atoms in total. The van der Waals surface area contributed by atoms with Crippen molar-refractivity contribution in [1.29, 1.82) is 0 Å². The number of aryl methyl sites for hydroxylation is 1. The van der Waals surface area contributed by atoms with Crippen molar-refractivity contribution in [3.05, 3.63) is 63.6 Å². The molecular weight excluding hydrogens is 375 g/mol. The number of imide groups is 1. The van der Waals surface area contributed by atoms with E-state index >= 15 is 0 Å². The highest BCUT2D eigenvalue weighted by molar-refractivity contribution is 7.90. The molecule has 0 atom stereocenters. The molecule has 0 heterocycles. The van der Waals surface area contributed by atoms with Gasteiger partial charge in [-0.2, -0.15) is 0 Å². The van der Waals surface area contributed by atoms with Crippen LogP contribution in [0.2, 0.25) is 10.0 Å². The number of nitrogens with one attached hydrogen (secondary N) is 2. The van der Waals surface area contributed by atoms with Gasteiger partial charge in [0.05, 0.1) is 20.5 Å². The Morgan fingerprint density at radius 3 is 2.04 bits per heavy atom. The second kappa shape index (κ2) is 7.21. The number of hydrogen-bond donors (Lipinski definition) is 2. The Morgan fingerprint density at radius 2 is 1.50 bits per heavy atom. The maximum atomic E-state index is 12.1. The molecule has 0 aliphatic heterocycles. The third kappa shape index (κ3) is 4.25. The first kappa shape index (κ1) is 18.3. The Kier molecular flexibility index (Phi) is 5.48. The lowest BCUT2D eigenvalue weighted by Crippen LogP contribution is -2.42. The lowest BCUT2D eigenvalue weighted by molar-refractivity contribution is 0.0966. The minimum absolute atomic E-state index is 0.0363. The molecule has 0 spiro atoms. The summed E-state index contributed by atoms with van der Waals surface area (Å²) < 4.78 is 25.9. The number of sulfonamides is 1. The molecule has 3 amide bonds. The number of urea groups is 1. The summed E-state index contributed by atoms with van der Waals surface area (Å²) >= 11 is 11.7. The lowest BCUT2D eigenvalue weighted by atomic mass is 10.2. The molecule has 126 valence electrons. The van der Waals surface area contributed by atoms with Crippen LogP contribution >= 0.6 is 23.2 Å². The summed E-state index contributed by atoms with van der Waals surface area (Å²) in [5.74, 6) is -0.915. The van der Waals surface area contributed by atoms with Crippen LogP contribution in [0.25, 0.3) is 0 Å². The first-order chi connectivity index (χ1) is 11.2. The lowest BCUT2D eigenvalue weighted by Gasteiger charge is -2.09. The highest BCUT2D eigenvalue weighted by Gasteiger charge is 2.21. The number of carbonyl (C=O) groups is 2. The van der Waals surface area contributed by atoms with Crippen LogP contribution in [-0.2, 0) is 10.0 Å². The van der Waals surface area contributed by atoms with Gasteiger partial charge in [0.25, 0.3) is 15.9 Å². The van der Waals surface area contributed by atoms with Crippen molar-refractivity contribution in [2.75, 3.05) is 0 Å². The van der Waals surface area contributed by atoms with Crippen LogP contribution < -0.4 is 10.0 Å². The fraction of sp³-hybridized carbons (Fsp3) is 0.0667. The molecule has 24 heavy (non-hydrogen) atoms. The third-order valence-electron chi connectivity index (χ3n) is 2.98. The SMILES string of the molecule is Cc1ccc(S(=O)(=O)NC(=O)NC(=O)c2c(Cl)cccc2Cl)cc1. The Bertz CT molecular complexity index is 876. The van der Waals surface area contributed by atoms with E-state index in [0.29, 0.717) is 0 Å². The summed E-state index contributed by atoms with van der Waals surface area (Å²) in [5.41, 5.74) is 0.741. The number of hydrogen-bond acceptors (Lipinski definition) is 4. The van der Waals surface area contributed by atoms with E-state index in [9.17, 15) is 18.0 Å². The Morgan fingerprint density at radius 1 is 0.958 bits per heavy atom. The van der Waals surface area contributed by atoms with Crippen LogP contribution in [-0.4, -0.2) is 20.4 Å². The van der Waals surface area contributed by atoms with Crippen LogP contribution in [0.15, 0.2) is 47.4 Å². The molecule has 0 aliphatic rings. The minimum Gasteiger partial charge on any atom is -0.273 e. The Balaban J connectivity index is 2.13. The second-order valence-electron chi connectivity index (χ2n) is 4.80. The van der Waals surface area contributed by atoms with Crippen LogP contribution in [0.5, 0.6) is 0 Å². The number of benzene rings is 2. The summed E-state index contributed by atoms with van der Waals surface area (Å²) in [5, 5.41) is 1.95. The number of rotatable bonds is 3. The molecule has 0 radical (unpaired) electrons. The van der Waals surface area contributed by atoms with Crippen molar-refractivity contribution in [3.8, 4) is 0 Å². The van der Waals surface area contributed by atoms with Gasteiger partial charge >= 0.3 is 6.03 Å². The smallest absolute Gasteiger partial charge is 0.273 e. The van der Waals surface area contributed by atoms with E-state index in [0.717, 1.165) is 5.56 Å². The molecule has 2 aromatic carbocycles. The van der Waals surface area contributed by atoms with Gasteiger partial charge in [-0.3, -0.25) is 10.1 Å². The quantitative estimate of drug-likeness (QED) is 0.847. The third-order valence-corrected chi connectivity index (χ3v) is 4.95. The highest BCUT2D eigenvalue weighted by atomic mass is 35.5. The molecule has 0 saturated heterocycles. The maximum absolute atomic E-state index is 12.1. The average Bonchev–Trinajstić information content (AvgIpc) is 2.46. The van der Waals surface area contributed by atoms with Gasteiger partial charge in [0.1, 0.15) is 0 Å². The van der Waals surface area contributed by atoms with Gasteiger partial charge in [0.15, 0.2) is 0 Å². The molecule has 9 heteroatoms. The topological polar surface area (TPSA) is 92.3 Å². The Labute approximate surface area is 148 Å². The van der Waals surface area contributed by atoms with Gasteiger partial charge in [-0.1, -0.05) is 47.0 Å². The fourth-order valence-corrected chi connectivity index (χ4v) is 3.28. The monoisotopic (exact) mass is 386 g/mol. The molecule has 2 aromatic rings. The van der Waals surface area contributed by atoms with E-state index in [1.807, 2.05) is 5.32 Å². The molecular formula is C15H12Cl2N2O4S. The maximum Gasteiger partial charge on any atom is 0.335 e. The molecule has 0 bridgehead atoms. The summed E-state index contributed by atoms with van der Waals surface area (Å²) in [6.45, 7) is 1.79. The van der Waals surface area contributed by atoms with Crippen molar-refractivity contribution >= 4 is 45.2 Å². The summed E-state index contributed by atoms with van der Waals surface area (Å²) in [7, 11) is -4.10. The van der Waals surface area contributed by atoms with Gasteiger partial charge in [0, 0.05) is 0 Å². The van der Waals surface area contributed by atoms with Gasteiger partial charge in [-0.05, 0) is 31.2 Å². The van der Waals surface area contributed by atoms with Crippen molar-refractivity contribution in [3.63, 3.8) is 0 Å². The zero-order valence-corrected chi connectivity index (χ0v) is 14.7. The van der Waals surface area contributed by atoms with Crippen molar-refractivity contribution < 1.29 is 18.0 Å². The van der Waals surface area contributed by atoms with Crippen LogP contribution in [0.4, 0.5) is 4.79 Å². The van der Waals surface area contributed by atoms with Crippen LogP contribution in [0.3, 0.4) is 0 Å². The predicted molar refractivity (Wildman–Crippen MR) is 90.8 cm³/mol. The molecule has 2 rings (SSSR count). The van der Waals surface area contributed by atoms with Gasteiger partial charge in [-0.25, -0.2) is 17.9 Å². The van der Waals surface area contributed by atoms with Crippen LogP contribution in [0, 0.1) is 6.92 Å². The van der Waals surface area contributed by atoms with E-state index in [1.165, 1.54) is 30.3 Å². The zero-order chi connectivity index (χ0) is 17.9. The highest BCUT2D eigenvalue weighted by Crippen LogP contribution is 2.23. The van der Waals surface area contributed by atoms with E-state index < -0.39 is 22.0 Å². The standard InChI is InChI=1S/C15H12Cl2N2O4S/c1-9-5-7-10(8-6-9)24(22,23)19-15(21)18-14(20)13-11(16)3-2-4-12(13)17/h2-8H,1H3,(H2,18,19,20,21). The second-order valence-corrected chi connectivity index (χ2v) is 7.30. The summed E-state index contributed by atoms with van der Waals surface area (Å²) in [6, 6.07) is 9.02. The molecule has 0 saturated carbocycles. The summed E-state index contributed by atoms with van der Waals surface area (Å²) in [6.07, 6.45) is 0. The predicted octanol–water partition coefficient (Wildman–Crippen LogP) is 3.13. The van der Waals surface area contributed by atoms with Crippen molar-refractivity contribution in [2.45, 2.75) is 11.8 Å². The molecule has 0 aromatic heterocycles. The normalized spacial score (nSPS) is 11.0. The Hall–Kier alpha value is -2.09. The van der Waals surface area contributed by atoms with Crippen molar-refractivity contribution in [2.24, 2.45) is 0 Å². The van der Waals surface area contributed by atoms with Crippen LogP contribution in [0.1, 0.15) is 15.9 Å². The minimum atomic E-state index is -4.10. The average molecular weight is 387 g/mol. The fourth-order valence-electron chi connectivity index (χ4n) is 1.80. The van der Waals surface area contributed by atoms with E-state index in [1.54, 1.807) is 23.8 Å². The molecule has 0 unspecified atom stereocenters.